The second-order valence-electron chi connectivity index (χ2n) is 5.89. The first-order valence-corrected chi connectivity index (χ1v) is 8.99. The Morgan fingerprint density at radius 1 is 1.04 bits per heavy atom. The van der Waals surface area contributed by atoms with Gasteiger partial charge in [0, 0.05) is 11.6 Å². The van der Waals surface area contributed by atoms with E-state index in [1.165, 1.54) is 0 Å². The quantitative estimate of drug-likeness (QED) is 0.606. The van der Waals surface area contributed by atoms with Crippen molar-refractivity contribution in [2.24, 2.45) is 0 Å². The summed E-state index contributed by atoms with van der Waals surface area (Å²) in [5.74, 6) is 1.17. The number of benzene rings is 2. The van der Waals surface area contributed by atoms with E-state index in [4.69, 9.17) is 16.3 Å². The number of hydrogen-bond acceptors (Lipinski definition) is 4. The molecule has 0 aliphatic rings. The Morgan fingerprint density at radius 2 is 1.89 bits per heavy atom. The average Bonchev–Trinajstić information content (AvgIpc) is 2.69. The number of carbonyl (C=O) groups excluding carboxylic acids is 1. The van der Waals surface area contributed by atoms with E-state index >= 15 is 0 Å². The van der Waals surface area contributed by atoms with Crippen molar-refractivity contribution in [1.29, 1.82) is 0 Å². The molecule has 27 heavy (non-hydrogen) atoms. The van der Waals surface area contributed by atoms with Gasteiger partial charge in [0.25, 0.3) is 5.91 Å². The van der Waals surface area contributed by atoms with Crippen molar-refractivity contribution < 1.29 is 9.53 Å². The maximum Gasteiger partial charge on any atom is 0.262 e. The van der Waals surface area contributed by atoms with E-state index in [0.29, 0.717) is 11.4 Å². The fourth-order valence-corrected chi connectivity index (χ4v) is 2.68. The SMILES string of the molecule is O=C(COc1ccccc1)Nc1ccc(NCCc2cccc(Cl)c2)nc1. The second kappa shape index (κ2) is 9.59. The maximum atomic E-state index is 11.9. The molecule has 1 amide bonds. The van der Waals surface area contributed by atoms with E-state index in [2.05, 4.69) is 15.6 Å². The summed E-state index contributed by atoms with van der Waals surface area (Å²) in [6.07, 6.45) is 2.46. The molecular formula is C21H20ClN3O2. The number of amides is 1. The lowest BCUT2D eigenvalue weighted by Gasteiger charge is -2.09. The highest BCUT2D eigenvalue weighted by Crippen LogP contribution is 2.13. The van der Waals surface area contributed by atoms with Gasteiger partial charge in [-0.2, -0.15) is 0 Å². The number of halogens is 1. The van der Waals surface area contributed by atoms with E-state index < -0.39 is 0 Å². The number of nitrogens with one attached hydrogen (secondary N) is 2. The molecule has 0 saturated carbocycles. The first-order chi connectivity index (χ1) is 13.2. The van der Waals surface area contributed by atoms with Crippen LogP contribution in [0.4, 0.5) is 11.5 Å². The van der Waals surface area contributed by atoms with Crippen molar-refractivity contribution in [3.05, 3.63) is 83.5 Å². The van der Waals surface area contributed by atoms with Crippen LogP contribution in [0.15, 0.2) is 72.9 Å². The number of aromatic nitrogens is 1. The van der Waals surface area contributed by atoms with Crippen LogP contribution in [0, 0.1) is 0 Å². The summed E-state index contributed by atoms with van der Waals surface area (Å²) in [7, 11) is 0. The predicted molar refractivity (Wildman–Crippen MR) is 108 cm³/mol. The van der Waals surface area contributed by atoms with E-state index in [-0.39, 0.29) is 12.5 Å². The molecule has 6 heteroatoms. The molecule has 0 atom stereocenters. The molecule has 0 saturated heterocycles. The lowest BCUT2D eigenvalue weighted by molar-refractivity contribution is -0.118. The van der Waals surface area contributed by atoms with Crippen LogP contribution >= 0.6 is 11.6 Å². The molecule has 3 rings (SSSR count). The first kappa shape index (κ1) is 18.7. The second-order valence-corrected chi connectivity index (χ2v) is 6.33. The number of pyridine rings is 1. The topological polar surface area (TPSA) is 63.2 Å². The van der Waals surface area contributed by atoms with Gasteiger partial charge in [0.05, 0.1) is 11.9 Å². The summed E-state index contributed by atoms with van der Waals surface area (Å²) in [5, 5.41) is 6.74. The molecule has 0 unspecified atom stereocenters. The van der Waals surface area contributed by atoms with Gasteiger partial charge in [-0.1, -0.05) is 41.9 Å². The number of rotatable bonds is 8. The normalized spacial score (nSPS) is 10.3. The molecule has 5 nitrogen and oxygen atoms in total. The van der Waals surface area contributed by atoms with Gasteiger partial charge in [0.1, 0.15) is 11.6 Å². The minimum Gasteiger partial charge on any atom is -0.484 e. The fraction of sp³-hybridized carbons (Fsp3) is 0.143. The van der Waals surface area contributed by atoms with Crippen molar-refractivity contribution in [3.63, 3.8) is 0 Å². The van der Waals surface area contributed by atoms with Gasteiger partial charge in [-0.3, -0.25) is 4.79 Å². The Morgan fingerprint density at radius 3 is 2.63 bits per heavy atom. The molecule has 0 radical (unpaired) electrons. The summed E-state index contributed by atoms with van der Waals surface area (Å²) < 4.78 is 5.41. The van der Waals surface area contributed by atoms with Crippen molar-refractivity contribution in [2.75, 3.05) is 23.8 Å². The van der Waals surface area contributed by atoms with Gasteiger partial charge in [0.2, 0.25) is 0 Å². The molecule has 0 bridgehead atoms. The third-order valence-electron chi connectivity index (χ3n) is 3.77. The smallest absolute Gasteiger partial charge is 0.262 e. The van der Waals surface area contributed by atoms with E-state index in [1.54, 1.807) is 24.4 Å². The number of nitrogens with zero attached hydrogens (tertiary/aromatic N) is 1. The standard InChI is InChI=1S/C21H20ClN3O2/c22-17-6-4-5-16(13-17)11-12-23-20-10-9-18(14-24-20)25-21(26)15-27-19-7-2-1-3-8-19/h1-10,13-14H,11-12,15H2,(H,23,24)(H,25,26). The summed E-state index contributed by atoms with van der Waals surface area (Å²) in [5.41, 5.74) is 1.79. The largest absolute Gasteiger partial charge is 0.484 e. The number of carbonyl (C=O) groups is 1. The summed E-state index contributed by atoms with van der Waals surface area (Å²) in [6, 6.07) is 20.6. The van der Waals surface area contributed by atoms with Gasteiger partial charge in [-0.25, -0.2) is 4.98 Å². The van der Waals surface area contributed by atoms with Gasteiger partial charge in [-0.05, 0) is 48.4 Å². The Bertz CT molecular complexity index is 870. The van der Waals surface area contributed by atoms with Crippen LogP contribution in [0.3, 0.4) is 0 Å². The summed E-state index contributed by atoms with van der Waals surface area (Å²) in [4.78, 5) is 16.2. The van der Waals surface area contributed by atoms with Crippen LogP contribution in [0.25, 0.3) is 0 Å². The molecule has 0 fully saturated rings. The predicted octanol–water partition coefficient (Wildman–Crippen LogP) is 4.41. The molecule has 2 aromatic carbocycles. The maximum absolute atomic E-state index is 11.9. The highest BCUT2D eigenvalue weighted by molar-refractivity contribution is 6.30. The average molecular weight is 382 g/mol. The fourth-order valence-electron chi connectivity index (χ4n) is 2.46. The highest BCUT2D eigenvalue weighted by Gasteiger charge is 2.04. The van der Waals surface area contributed by atoms with Crippen molar-refractivity contribution >= 4 is 29.0 Å². The van der Waals surface area contributed by atoms with E-state index in [9.17, 15) is 4.79 Å². The van der Waals surface area contributed by atoms with Crippen molar-refractivity contribution in [1.82, 2.24) is 4.98 Å². The van der Waals surface area contributed by atoms with Gasteiger partial charge in [0.15, 0.2) is 6.61 Å². The minimum atomic E-state index is -0.234. The number of anilines is 2. The van der Waals surface area contributed by atoms with E-state index in [1.807, 2.05) is 48.5 Å². The first-order valence-electron chi connectivity index (χ1n) is 8.61. The molecule has 1 heterocycles. The summed E-state index contributed by atoms with van der Waals surface area (Å²) >= 11 is 5.98. The third-order valence-corrected chi connectivity index (χ3v) is 4.00. The molecule has 138 valence electrons. The molecule has 0 spiro atoms. The molecular weight excluding hydrogens is 362 g/mol. The van der Waals surface area contributed by atoms with Gasteiger partial charge >= 0.3 is 0 Å². The van der Waals surface area contributed by atoms with Crippen LogP contribution in [0.2, 0.25) is 5.02 Å². The monoisotopic (exact) mass is 381 g/mol. The van der Waals surface area contributed by atoms with Crippen molar-refractivity contribution in [3.8, 4) is 5.75 Å². The molecule has 3 aromatic rings. The molecule has 2 N–H and O–H groups in total. The van der Waals surface area contributed by atoms with Crippen LogP contribution in [0.5, 0.6) is 5.75 Å². The molecule has 0 aliphatic carbocycles. The van der Waals surface area contributed by atoms with Gasteiger partial charge < -0.3 is 15.4 Å². The zero-order valence-electron chi connectivity index (χ0n) is 14.7. The highest BCUT2D eigenvalue weighted by atomic mass is 35.5. The summed E-state index contributed by atoms with van der Waals surface area (Å²) in [6.45, 7) is 0.688. The van der Waals surface area contributed by atoms with Crippen LogP contribution in [0.1, 0.15) is 5.56 Å². The third kappa shape index (κ3) is 6.31. The van der Waals surface area contributed by atoms with Crippen molar-refractivity contribution in [2.45, 2.75) is 6.42 Å². The lowest BCUT2D eigenvalue weighted by Crippen LogP contribution is -2.20. The molecule has 1 aromatic heterocycles. The Hall–Kier alpha value is -3.05. The zero-order chi connectivity index (χ0) is 18.9. The minimum absolute atomic E-state index is 0.0519. The number of ether oxygens (including phenoxy) is 1. The number of para-hydroxylation sites is 1. The van der Waals surface area contributed by atoms with Gasteiger partial charge in [-0.15, -0.1) is 0 Å². The zero-order valence-corrected chi connectivity index (χ0v) is 15.4. The van der Waals surface area contributed by atoms with E-state index in [0.717, 1.165) is 29.4 Å². The van der Waals surface area contributed by atoms with Crippen LogP contribution < -0.4 is 15.4 Å². The van der Waals surface area contributed by atoms with Crippen LogP contribution in [-0.4, -0.2) is 24.0 Å². The Labute approximate surface area is 163 Å². The lowest BCUT2D eigenvalue weighted by atomic mass is 10.1. The molecule has 0 aliphatic heterocycles. The number of hydrogen-bond donors (Lipinski definition) is 2. The Kier molecular flexibility index (Phi) is 6.66. The Balaban J connectivity index is 1.42. The van der Waals surface area contributed by atoms with Crippen LogP contribution in [-0.2, 0) is 11.2 Å².